The molecule has 6 nitrogen and oxygen atoms in total. The van der Waals surface area contributed by atoms with Gasteiger partial charge in [-0.25, -0.2) is 9.37 Å². The number of ether oxygens (including phenoxy) is 2. The van der Waals surface area contributed by atoms with E-state index in [1.54, 1.807) is 12.1 Å². The Morgan fingerprint density at radius 2 is 1.97 bits per heavy atom. The van der Waals surface area contributed by atoms with Gasteiger partial charge in [-0.15, -0.1) is 0 Å². The largest absolute Gasteiger partial charge is 0.493 e. The van der Waals surface area contributed by atoms with E-state index < -0.39 is 5.82 Å². The molecule has 8 heteroatoms. The van der Waals surface area contributed by atoms with Gasteiger partial charge in [-0.2, -0.15) is 0 Å². The van der Waals surface area contributed by atoms with Crippen LogP contribution in [0.4, 0.5) is 4.39 Å². The molecule has 0 N–H and O–H groups in total. The van der Waals surface area contributed by atoms with E-state index in [9.17, 15) is 9.18 Å². The zero-order valence-corrected chi connectivity index (χ0v) is 21.6. The van der Waals surface area contributed by atoms with Gasteiger partial charge in [0.05, 0.1) is 42.4 Å². The van der Waals surface area contributed by atoms with Gasteiger partial charge in [0.15, 0.2) is 5.78 Å². The van der Waals surface area contributed by atoms with E-state index in [2.05, 4.69) is 4.90 Å². The average molecular weight is 514 g/mol. The summed E-state index contributed by atoms with van der Waals surface area (Å²) in [7, 11) is 0. The lowest BCUT2D eigenvalue weighted by Gasteiger charge is -2.34. The van der Waals surface area contributed by atoms with Crippen LogP contribution in [0.15, 0.2) is 36.4 Å². The van der Waals surface area contributed by atoms with Gasteiger partial charge >= 0.3 is 0 Å². The number of rotatable bonds is 10. The molecule has 192 valence electrons. The second kappa shape index (κ2) is 10.9. The number of Topliss-reactive ketones (excluding diaryl/α,β-unsaturated/α-hetero) is 1. The first kappa shape index (κ1) is 25.2. The summed E-state index contributed by atoms with van der Waals surface area (Å²) in [5, 5.41) is 0.0253. The zero-order valence-electron chi connectivity index (χ0n) is 20.9. The highest BCUT2D eigenvalue weighted by atomic mass is 35.5. The monoisotopic (exact) mass is 513 g/mol. The molecule has 2 aliphatic heterocycles. The first-order valence-corrected chi connectivity index (χ1v) is 13.2. The van der Waals surface area contributed by atoms with Crippen molar-refractivity contribution < 1.29 is 18.7 Å². The molecule has 2 saturated heterocycles. The maximum Gasteiger partial charge on any atom is 0.152 e. The second-order valence-electron chi connectivity index (χ2n) is 10.3. The molecule has 2 aromatic carbocycles. The Bertz CT molecular complexity index is 1230. The molecule has 3 heterocycles. The van der Waals surface area contributed by atoms with E-state index in [1.165, 1.54) is 18.9 Å². The van der Waals surface area contributed by atoms with Crippen LogP contribution in [0, 0.1) is 11.7 Å². The first-order chi connectivity index (χ1) is 17.4. The molecule has 0 spiro atoms. The van der Waals surface area contributed by atoms with Crippen LogP contribution in [0.3, 0.4) is 0 Å². The number of carbonyl (C=O) groups is 1. The predicted octanol–water partition coefficient (Wildman–Crippen LogP) is 5.74. The van der Waals surface area contributed by atoms with Gasteiger partial charge in [-0.1, -0.05) is 25.4 Å². The van der Waals surface area contributed by atoms with Crippen LogP contribution in [0.25, 0.3) is 22.4 Å². The van der Waals surface area contributed by atoms with E-state index >= 15 is 0 Å². The SMILES string of the molecule is CC(C)CC(=O)Cn1c(-c2ccc(F)c(Cl)c2)nc2cc(OCCCN3[C@@H]4CC[C@H]3COC4)ccc21. The van der Waals surface area contributed by atoms with Gasteiger partial charge in [0.2, 0.25) is 0 Å². The van der Waals surface area contributed by atoms with Crippen LogP contribution in [0.5, 0.6) is 5.75 Å². The summed E-state index contributed by atoms with van der Waals surface area (Å²) < 4.78 is 27.4. The fraction of sp³-hybridized carbons (Fsp3) is 0.500. The molecule has 0 amide bonds. The second-order valence-corrected chi connectivity index (χ2v) is 10.7. The normalized spacial score (nSPS) is 19.9. The Morgan fingerprint density at radius 1 is 1.19 bits per heavy atom. The minimum Gasteiger partial charge on any atom is -0.493 e. The molecule has 0 saturated carbocycles. The van der Waals surface area contributed by atoms with E-state index in [0.29, 0.717) is 36.5 Å². The summed E-state index contributed by atoms with van der Waals surface area (Å²) in [6, 6.07) is 11.4. The van der Waals surface area contributed by atoms with Crippen molar-refractivity contribution in [3.05, 3.63) is 47.2 Å². The highest BCUT2D eigenvalue weighted by molar-refractivity contribution is 6.31. The van der Waals surface area contributed by atoms with E-state index in [1.807, 2.05) is 36.6 Å². The summed E-state index contributed by atoms with van der Waals surface area (Å²) >= 11 is 6.05. The van der Waals surface area contributed by atoms with Crippen molar-refractivity contribution in [1.82, 2.24) is 14.5 Å². The van der Waals surface area contributed by atoms with Crippen molar-refractivity contribution in [1.29, 1.82) is 0 Å². The van der Waals surface area contributed by atoms with Crippen molar-refractivity contribution in [3.8, 4) is 17.1 Å². The number of ketones is 1. The van der Waals surface area contributed by atoms with Crippen molar-refractivity contribution >= 4 is 28.4 Å². The van der Waals surface area contributed by atoms with Gasteiger partial charge < -0.3 is 14.0 Å². The number of hydrogen-bond donors (Lipinski definition) is 0. The molecule has 2 fully saturated rings. The van der Waals surface area contributed by atoms with Gasteiger partial charge in [-0.05, 0) is 55.5 Å². The van der Waals surface area contributed by atoms with Crippen LogP contribution in [0.1, 0.15) is 39.5 Å². The smallest absolute Gasteiger partial charge is 0.152 e. The molecule has 2 bridgehead atoms. The van der Waals surface area contributed by atoms with Crippen molar-refractivity contribution in [2.75, 3.05) is 26.4 Å². The molecule has 0 radical (unpaired) electrons. The molecule has 0 unspecified atom stereocenters. The quantitative estimate of drug-likeness (QED) is 0.323. The number of halogens is 2. The number of hydrogen-bond acceptors (Lipinski definition) is 5. The Morgan fingerprint density at radius 3 is 2.69 bits per heavy atom. The van der Waals surface area contributed by atoms with Crippen LogP contribution >= 0.6 is 11.6 Å². The topological polar surface area (TPSA) is 56.6 Å². The summed E-state index contributed by atoms with van der Waals surface area (Å²) in [5.41, 5.74) is 2.23. The zero-order chi connectivity index (χ0) is 25.2. The summed E-state index contributed by atoms with van der Waals surface area (Å²) in [6.45, 7) is 7.58. The third kappa shape index (κ3) is 5.43. The van der Waals surface area contributed by atoms with E-state index in [0.717, 1.165) is 43.0 Å². The van der Waals surface area contributed by atoms with Crippen LogP contribution in [-0.4, -0.2) is 58.7 Å². The minimum atomic E-state index is -0.486. The Hall–Kier alpha value is -2.48. The number of nitrogens with zero attached hydrogens (tertiary/aromatic N) is 3. The highest BCUT2D eigenvalue weighted by Crippen LogP contribution is 2.31. The van der Waals surface area contributed by atoms with Crippen molar-refractivity contribution in [2.24, 2.45) is 5.92 Å². The maximum absolute atomic E-state index is 13.8. The van der Waals surface area contributed by atoms with Crippen LogP contribution < -0.4 is 4.74 Å². The maximum atomic E-state index is 13.8. The molecular formula is C28H33ClFN3O3. The van der Waals surface area contributed by atoms with Gasteiger partial charge in [0.25, 0.3) is 0 Å². The first-order valence-electron chi connectivity index (χ1n) is 12.8. The standard InChI is InChI=1S/C28H33ClFN3O3/c1-18(2)12-22(34)15-33-27-9-7-23(36-11-3-10-32-20-5-6-21(32)17-35-16-20)14-26(27)31-28(33)19-4-8-25(30)24(29)13-19/h4,7-9,13-14,18,20-21H,3,5-6,10-12,15-17H2,1-2H3/t20-,21+. The third-order valence-corrected chi connectivity index (χ3v) is 7.38. The number of benzene rings is 2. The molecule has 5 rings (SSSR count). The van der Waals surface area contributed by atoms with Crippen LogP contribution in [-0.2, 0) is 16.1 Å². The summed E-state index contributed by atoms with van der Waals surface area (Å²) in [6.07, 6.45) is 3.89. The lowest BCUT2D eigenvalue weighted by Crippen LogP contribution is -2.46. The third-order valence-electron chi connectivity index (χ3n) is 7.09. The van der Waals surface area contributed by atoms with Gasteiger partial charge in [0, 0.05) is 36.7 Å². The van der Waals surface area contributed by atoms with E-state index in [4.69, 9.17) is 26.1 Å². The highest BCUT2D eigenvalue weighted by Gasteiger charge is 2.36. The fourth-order valence-corrected chi connectivity index (χ4v) is 5.61. The number of morpholine rings is 1. The summed E-state index contributed by atoms with van der Waals surface area (Å²) in [5.74, 6) is 1.23. The molecular weight excluding hydrogens is 481 g/mol. The Balaban J connectivity index is 1.33. The number of fused-ring (bicyclic) bond motifs is 3. The molecule has 2 atom stereocenters. The van der Waals surface area contributed by atoms with Gasteiger partial charge in [-0.3, -0.25) is 9.69 Å². The molecule has 36 heavy (non-hydrogen) atoms. The Labute approximate surface area is 216 Å². The summed E-state index contributed by atoms with van der Waals surface area (Å²) in [4.78, 5) is 20.1. The van der Waals surface area contributed by atoms with E-state index in [-0.39, 0.29) is 23.3 Å². The lowest BCUT2D eigenvalue weighted by atomic mass is 10.1. The average Bonchev–Trinajstić information content (AvgIpc) is 3.29. The number of aromatic nitrogens is 2. The Kier molecular flexibility index (Phi) is 7.60. The van der Waals surface area contributed by atoms with Gasteiger partial charge in [0.1, 0.15) is 17.4 Å². The van der Waals surface area contributed by atoms with Crippen molar-refractivity contribution in [2.45, 2.75) is 58.2 Å². The number of carbonyl (C=O) groups excluding carboxylic acids is 1. The molecule has 2 aliphatic rings. The predicted molar refractivity (Wildman–Crippen MR) is 139 cm³/mol. The lowest BCUT2D eigenvalue weighted by molar-refractivity contribution is -0.120. The minimum absolute atomic E-state index is 0.0253. The number of imidazole rings is 1. The molecule has 3 aromatic rings. The molecule has 1 aromatic heterocycles. The van der Waals surface area contributed by atoms with Crippen molar-refractivity contribution in [3.63, 3.8) is 0 Å². The molecule has 0 aliphatic carbocycles. The van der Waals surface area contributed by atoms with Crippen LogP contribution in [0.2, 0.25) is 5.02 Å². The fourth-order valence-electron chi connectivity index (χ4n) is 5.43.